The number of pyridine rings is 1. The van der Waals surface area contributed by atoms with E-state index in [2.05, 4.69) is 4.98 Å². The molecule has 0 saturated heterocycles. The summed E-state index contributed by atoms with van der Waals surface area (Å²) in [6.07, 6.45) is 2.91. The number of hydrogen-bond acceptors (Lipinski definition) is 5. The molecule has 0 radical (unpaired) electrons. The molecule has 5 heteroatoms. The van der Waals surface area contributed by atoms with E-state index in [9.17, 15) is 4.79 Å². The Labute approximate surface area is 88.2 Å². The number of carbonyl (C=O) groups is 1. The van der Waals surface area contributed by atoms with Crippen molar-refractivity contribution in [3.05, 3.63) is 18.0 Å². The molecule has 1 atom stereocenters. The molecule has 0 amide bonds. The lowest BCUT2D eigenvalue weighted by Gasteiger charge is -2.12. The van der Waals surface area contributed by atoms with E-state index in [1.807, 2.05) is 0 Å². The number of nitrogens with zero attached hydrogens (tertiary/aromatic N) is 1. The summed E-state index contributed by atoms with van der Waals surface area (Å²) in [4.78, 5) is 15.7. The summed E-state index contributed by atoms with van der Waals surface area (Å²) in [5.74, 6) is 0.513. The van der Waals surface area contributed by atoms with Crippen molar-refractivity contribution in [2.24, 2.45) is 5.73 Å². The van der Waals surface area contributed by atoms with Crippen LogP contribution in [0.3, 0.4) is 0 Å². The summed E-state index contributed by atoms with van der Waals surface area (Å²) in [5.41, 5.74) is 5.87. The van der Waals surface area contributed by atoms with Gasteiger partial charge in [0.1, 0.15) is 5.56 Å². The second-order valence-corrected chi connectivity index (χ2v) is 3.07. The molecule has 1 aromatic rings. The van der Waals surface area contributed by atoms with Crippen LogP contribution >= 0.6 is 0 Å². The highest BCUT2D eigenvalue weighted by Crippen LogP contribution is 2.27. The molecule has 2 N–H and O–H groups in total. The van der Waals surface area contributed by atoms with Crippen molar-refractivity contribution < 1.29 is 14.3 Å². The van der Waals surface area contributed by atoms with E-state index in [1.54, 1.807) is 6.92 Å². The van der Waals surface area contributed by atoms with Crippen molar-refractivity contribution in [2.45, 2.75) is 13.0 Å². The van der Waals surface area contributed by atoms with Crippen LogP contribution in [0.15, 0.2) is 12.4 Å². The highest BCUT2D eigenvalue weighted by Gasteiger charge is 2.21. The molecular weight excluding hydrogens is 196 g/mol. The van der Waals surface area contributed by atoms with Gasteiger partial charge in [0.15, 0.2) is 17.3 Å². The molecule has 82 valence electrons. The Kier molecular flexibility index (Phi) is 3.62. The van der Waals surface area contributed by atoms with E-state index >= 15 is 0 Å². The van der Waals surface area contributed by atoms with Gasteiger partial charge in [0, 0.05) is 0 Å². The minimum atomic E-state index is -0.602. The lowest BCUT2D eigenvalue weighted by Crippen LogP contribution is -2.27. The molecule has 5 nitrogen and oxygen atoms in total. The zero-order chi connectivity index (χ0) is 11.4. The number of rotatable bonds is 4. The van der Waals surface area contributed by atoms with E-state index in [0.29, 0.717) is 17.1 Å². The molecule has 0 aliphatic heterocycles. The van der Waals surface area contributed by atoms with Gasteiger partial charge in [-0.1, -0.05) is 0 Å². The van der Waals surface area contributed by atoms with Gasteiger partial charge in [-0.3, -0.25) is 9.78 Å². The van der Waals surface area contributed by atoms with E-state index in [4.69, 9.17) is 15.2 Å². The van der Waals surface area contributed by atoms with Gasteiger partial charge < -0.3 is 15.2 Å². The average Bonchev–Trinajstić information content (AvgIpc) is 2.26. The van der Waals surface area contributed by atoms with E-state index < -0.39 is 6.04 Å². The maximum Gasteiger partial charge on any atom is 0.186 e. The van der Waals surface area contributed by atoms with Crippen molar-refractivity contribution in [3.63, 3.8) is 0 Å². The van der Waals surface area contributed by atoms with Gasteiger partial charge in [0.05, 0.1) is 32.7 Å². The number of ketones is 1. The maximum absolute atomic E-state index is 11.8. The van der Waals surface area contributed by atoms with Gasteiger partial charge in [0.25, 0.3) is 0 Å². The van der Waals surface area contributed by atoms with Crippen LogP contribution in [-0.4, -0.2) is 31.0 Å². The largest absolute Gasteiger partial charge is 0.494 e. The van der Waals surface area contributed by atoms with Gasteiger partial charge in [0.2, 0.25) is 0 Å². The Morgan fingerprint density at radius 2 is 1.80 bits per heavy atom. The second-order valence-electron chi connectivity index (χ2n) is 3.07. The minimum absolute atomic E-state index is 0.230. The minimum Gasteiger partial charge on any atom is -0.494 e. The fourth-order valence-corrected chi connectivity index (χ4v) is 1.20. The first-order chi connectivity index (χ1) is 7.11. The van der Waals surface area contributed by atoms with E-state index in [-0.39, 0.29) is 5.78 Å². The summed E-state index contributed by atoms with van der Waals surface area (Å²) >= 11 is 0. The Morgan fingerprint density at radius 1 is 1.33 bits per heavy atom. The number of ether oxygens (including phenoxy) is 2. The molecule has 0 fully saturated rings. The molecule has 1 rings (SSSR count). The SMILES string of the molecule is COc1cncc(OC)c1C(=O)C(C)N. The van der Waals surface area contributed by atoms with Crippen LogP contribution in [0, 0.1) is 0 Å². The predicted octanol–water partition coefficient (Wildman–Crippen LogP) is 0.629. The first-order valence-electron chi connectivity index (χ1n) is 4.47. The molecule has 1 aromatic heterocycles. The number of aromatic nitrogens is 1. The lowest BCUT2D eigenvalue weighted by molar-refractivity contribution is 0.0961. The average molecular weight is 210 g/mol. The van der Waals surface area contributed by atoms with Crippen molar-refractivity contribution in [2.75, 3.05) is 14.2 Å². The number of Topliss-reactive ketones (excluding diaryl/α,β-unsaturated/α-hetero) is 1. The van der Waals surface area contributed by atoms with Crippen molar-refractivity contribution in [1.82, 2.24) is 4.98 Å². The molecule has 0 aromatic carbocycles. The number of nitrogens with two attached hydrogens (primary N) is 1. The van der Waals surface area contributed by atoms with Gasteiger partial charge in [-0.2, -0.15) is 0 Å². The van der Waals surface area contributed by atoms with Crippen LogP contribution in [0.2, 0.25) is 0 Å². The molecule has 0 saturated carbocycles. The fourth-order valence-electron chi connectivity index (χ4n) is 1.20. The zero-order valence-electron chi connectivity index (χ0n) is 8.98. The molecule has 1 heterocycles. The summed E-state index contributed by atoms with van der Waals surface area (Å²) < 4.78 is 10.1. The summed E-state index contributed by atoms with van der Waals surface area (Å²) in [7, 11) is 2.93. The smallest absolute Gasteiger partial charge is 0.186 e. The lowest BCUT2D eigenvalue weighted by atomic mass is 10.1. The molecule has 0 bridgehead atoms. The van der Waals surface area contributed by atoms with Crippen LogP contribution in [0.25, 0.3) is 0 Å². The molecule has 15 heavy (non-hydrogen) atoms. The Bertz CT molecular complexity index is 341. The zero-order valence-corrected chi connectivity index (χ0v) is 8.98. The van der Waals surface area contributed by atoms with Gasteiger partial charge in [-0.15, -0.1) is 0 Å². The Hall–Kier alpha value is -1.62. The van der Waals surface area contributed by atoms with Crippen LogP contribution < -0.4 is 15.2 Å². The van der Waals surface area contributed by atoms with E-state index in [1.165, 1.54) is 26.6 Å². The van der Waals surface area contributed by atoms with Crippen molar-refractivity contribution in [1.29, 1.82) is 0 Å². The van der Waals surface area contributed by atoms with Gasteiger partial charge in [-0.25, -0.2) is 0 Å². The molecule has 0 aliphatic carbocycles. The summed E-state index contributed by atoms with van der Waals surface area (Å²) in [6, 6.07) is -0.602. The quantitative estimate of drug-likeness (QED) is 0.738. The normalized spacial score (nSPS) is 12.0. The standard InChI is InChI=1S/C10H14N2O3/c1-6(11)10(13)9-7(14-2)4-12-5-8(9)15-3/h4-6H,11H2,1-3H3. The second kappa shape index (κ2) is 4.75. The van der Waals surface area contributed by atoms with Gasteiger partial charge in [-0.05, 0) is 6.92 Å². The van der Waals surface area contributed by atoms with Crippen molar-refractivity contribution in [3.8, 4) is 11.5 Å². The fraction of sp³-hybridized carbons (Fsp3) is 0.400. The third kappa shape index (κ3) is 2.24. The number of methoxy groups -OCH3 is 2. The van der Waals surface area contributed by atoms with Crippen LogP contribution in [0.1, 0.15) is 17.3 Å². The molecule has 0 spiro atoms. The predicted molar refractivity (Wildman–Crippen MR) is 55.3 cm³/mol. The highest BCUT2D eigenvalue weighted by molar-refractivity contribution is 6.04. The number of hydrogen-bond donors (Lipinski definition) is 1. The van der Waals surface area contributed by atoms with Crippen LogP contribution in [0.5, 0.6) is 11.5 Å². The first kappa shape index (κ1) is 11.5. The molecule has 0 aliphatic rings. The van der Waals surface area contributed by atoms with Crippen LogP contribution in [0.4, 0.5) is 0 Å². The Balaban J connectivity index is 3.28. The summed E-state index contributed by atoms with van der Waals surface area (Å²) in [5, 5.41) is 0. The van der Waals surface area contributed by atoms with Gasteiger partial charge >= 0.3 is 0 Å². The maximum atomic E-state index is 11.8. The molecule has 1 unspecified atom stereocenters. The first-order valence-corrected chi connectivity index (χ1v) is 4.47. The van der Waals surface area contributed by atoms with E-state index in [0.717, 1.165) is 0 Å². The monoisotopic (exact) mass is 210 g/mol. The topological polar surface area (TPSA) is 74.4 Å². The number of carbonyl (C=O) groups excluding carboxylic acids is 1. The highest BCUT2D eigenvalue weighted by atomic mass is 16.5. The summed E-state index contributed by atoms with van der Waals surface area (Å²) in [6.45, 7) is 1.61. The Morgan fingerprint density at radius 3 is 2.13 bits per heavy atom. The molecular formula is C10H14N2O3. The van der Waals surface area contributed by atoms with Crippen LogP contribution in [-0.2, 0) is 0 Å². The van der Waals surface area contributed by atoms with Crippen molar-refractivity contribution >= 4 is 5.78 Å². The third-order valence-corrected chi connectivity index (χ3v) is 1.98. The third-order valence-electron chi connectivity index (χ3n) is 1.98.